The second kappa shape index (κ2) is 5.07. The highest BCUT2D eigenvalue weighted by atomic mass is 32.2. The number of hydrogen-bond donors (Lipinski definition) is 2. The zero-order chi connectivity index (χ0) is 11.6. The van der Waals surface area contributed by atoms with Gasteiger partial charge < -0.3 is 10.8 Å². The molecular formula is C12H25NOS. The summed E-state index contributed by atoms with van der Waals surface area (Å²) in [6, 6.07) is 0.262. The molecule has 0 heterocycles. The van der Waals surface area contributed by atoms with Gasteiger partial charge in [0, 0.05) is 16.5 Å². The van der Waals surface area contributed by atoms with Gasteiger partial charge in [0.15, 0.2) is 0 Å². The zero-order valence-corrected chi connectivity index (χ0v) is 11.2. The first kappa shape index (κ1) is 13.3. The van der Waals surface area contributed by atoms with Crippen molar-refractivity contribution in [3.05, 3.63) is 0 Å². The average molecular weight is 231 g/mol. The van der Waals surface area contributed by atoms with Crippen molar-refractivity contribution >= 4 is 11.8 Å². The van der Waals surface area contributed by atoms with Crippen LogP contribution in [0.5, 0.6) is 0 Å². The van der Waals surface area contributed by atoms with Gasteiger partial charge in [-0.3, -0.25) is 0 Å². The van der Waals surface area contributed by atoms with Crippen LogP contribution in [0.4, 0.5) is 0 Å². The molecule has 0 saturated heterocycles. The van der Waals surface area contributed by atoms with E-state index in [-0.39, 0.29) is 22.8 Å². The van der Waals surface area contributed by atoms with E-state index >= 15 is 0 Å². The van der Waals surface area contributed by atoms with Crippen molar-refractivity contribution in [2.45, 2.75) is 69.6 Å². The van der Waals surface area contributed by atoms with E-state index in [4.69, 9.17) is 5.73 Å². The third kappa shape index (κ3) is 3.36. The molecule has 1 aliphatic carbocycles. The summed E-state index contributed by atoms with van der Waals surface area (Å²) in [5.74, 6) is 0. The van der Waals surface area contributed by atoms with Gasteiger partial charge >= 0.3 is 0 Å². The molecule has 1 rings (SSSR count). The topological polar surface area (TPSA) is 46.2 Å². The Morgan fingerprint density at radius 3 is 2.53 bits per heavy atom. The van der Waals surface area contributed by atoms with Crippen molar-refractivity contribution < 1.29 is 5.11 Å². The fourth-order valence-corrected chi connectivity index (χ4v) is 3.77. The van der Waals surface area contributed by atoms with Crippen LogP contribution in [0.1, 0.15) is 47.0 Å². The van der Waals surface area contributed by atoms with Gasteiger partial charge in [-0.15, -0.1) is 0 Å². The highest BCUT2D eigenvalue weighted by Crippen LogP contribution is 2.40. The molecule has 1 fully saturated rings. The van der Waals surface area contributed by atoms with E-state index in [1.54, 1.807) is 0 Å². The molecule has 4 unspecified atom stereocenters. The maximum absolute atomic E-state index is 9.51. The molecule has 4 atom stereocenters. The van der Waals surface area contributed by atoms with Crippen LogP contribution in [-0.4, -0.2) is 27.8 Å². The molecule has 0 radical (unpaired) electrons. The van der Waals surface area contributed by atoms with Gasteiger partial charge in [0.1, 0.15) is 0 Å². The average Bonchev–Trinajstić information content (AvgIpc) is 2.12. The lowest BCUT2D eigenvalue weighted by molar-refractivity contribution is 0.191. The number of rotatable bonds is 3. The lowest BCUT2D eigenvalue weighted by atomic mass is 9.73. The minimum Gasteiger partial charge on any atom is -0.392 e. The molecule has 2 nitrogen and oxygen atoms in total. The van der Waals surface area contributed by atoms with E-state index < -0.39 is 0 Å². The summed E-state index contributed by atoms with van der Waals surface area (Å²) in [4.78, 5) is 0. The smallest absolute Gasteiger partial charge is 0.0628 e. The summed E-state index contributed by atoms with van der Waals surface area (Å²) in [7, 11) is 0. The Hall–Kier alpha value is 0.270. The van der Waals surface area contributed by atoms with Gasteiger partial charge in [0.05, 0.1) is 6.10 Å². The molecule has 1 aliphatic rings. The first-order valence-electron chi connectivity index (χ1n) is 5.93. The monoisotopic (exact) mass is 231 g/mol. The molecule has 0 aliphatic heterocycles. The fraction of sp³-hybridized carbons (Fsp3) is 1.00. The molecular weight excluding hydrogens is 206 g/mol. The van der Waals surface area contributed by atoms with Gasteiger partial charge in [-0.2, -0.15) is 11.8 Å². The van der Waals surface area contributed by atoms with Crippen LogP contribution in [0.2, 0.25) is 0 Å². The first-order chi connectivity index (χ1) is 6.84. The van der Waals surface area contributed by atoms with Crippen LogP contribution >= 0.6 is 11.8 Å². The molecule has 3 heteroatoms. The van der Waals surface area contributed by atoms with Crippen LogP contribution < -0.4 is 5.73 Å². The Morgan fingerprint density at radius 2 is 2.00 bits per heavy atom. The largest absolute Gasteiger partial charge is 0.392 e. The summed E-state index contributed by atoms with van der Waals surface area (Å²) in [6.45, 7) is 8.47. The zero-order valence-electron chi connectivity index (χ0n) is 10.4. The summed E-state index contributed by atoms with van der Waals surface area (Å²) in [6.07, 6.45) is 3.46. The molecule has 0 amide bonds. The lowest BCUT2D eigenvalue weighted by Gasteiger charge is -2.42. The molecule has 0 aromatic heterocycles. The quantitative estimate of drug-likeness (QED) is 0.784. The molecule has 90 valence electrons. The Kier molecular flexibility index (Phi) is 4.50. The number of aliphatic hydroxyl groups is 1. The van der Waals surface area contributed by atoms with Crippen molar-refractivity contribution in [1.29, 1.82) is 0 Å². The van der Waals surface area contributed by atoms with E-state index in [2.05, 4.69) is 20.8 Å². The second-order valence-electron chi connectivity index (χ2n) is 5.53. The molecule has 15 heavy (non-hydrogen) atoms. The summed E-state index contributed by atoms with van der Waals surface area (Å²) in [5.41, 5.74) is 6.56. The molecule has 0 aromatic carbocycles. The number of aliphatic hydroxyl groups excluding tert-OH is 1. The maximum Gasteiger partial charge on any atom is 0.0628 e. The Morgan fingerprint density at radius 1 is 1.40 bits per heavy atom. The van der Waals surface area contributed by atoms with E-state index in [0.29, 0.717) is 5.25 Å². The first-order valence-corrected chi connectivity index (χ1v) is 6.88. The van der Waals surface area contributed by atoms with E-state index in [9.17, 15) is 5.11 Å². The van der Waals surface area contributed by atoms with E-state index in [1.807, 2.05) is 18.7 Å². The third-order valence-corrected chi connectivity index (χ3v) is 5.38. The molecule has 3 N–H and O–H groups in total. The Balaban J connectivity index is 2.55. The van der Waals surface area contributed by atoms with Crippen LogP contribution in [-0.2, 0) is 0 Å². The Bertz CT molecular complexity index is 206. The van der Waals surface area contributed by atoms with Crippen LogP contribution in [0.15, 0.2) is 0 Å². The van der Waals surface area contributed by atoms with Gasteiger partial charge in [-0.05, 0) is 25.2 Å². The third-order valence-electron chi connectivity index (χ3n) is 3.68. The van der Waals surface area contributed by atoms with Crippen molar-refractivity contribution in [2.24, 2.45) is 11.1 Å². The maximum atomic E-state index is 9.51. The standard InChI is InChI=1S/C12H25NOS/c1-8(14)9(2)15-10-6-5-7-12(3,4)11(10)13/h8-11,14H,5-7,13H2,1-4H3. The van der Waals surface area contributed by atoms with Crippen molar-refractivity contribution in [1.82, 2.24) is 0 Å². The minimum atomic E-state index is -0.243. The normalized spacial score (nSPS) is 34.8. The number of hydrogen-bond acceptors (Lipinski definition) is 3. The van der Waals surface area contributed by atoms with Crippen LogP contribution in [0.3, 0.4) is 0 Å². The van der Waals surface area contributed by atoms with Gasteiger partial charge in [0.25, 0.3) is 0 Å². The fourth-order valence-electron chi connectivity index (χ4n) is 2.15. The molecule has 1 saturated carbocycles. The highest BCUT2D eigenvalue weighted by Gasteiger charge is 2.37. The SMILES string of the molecule is CC(O)C(C)SC1CCCC(C)(C)C1N. The van der Waals surface area contributed by atoms with E-state index in [0.717, 1.165) is 0 Å². The van der Waals surface area contributed by atoms with Gasteiger partial charge in [-0.25, -0.2) is 0 Å². The summed E-state index contributed by atoms with van der Waals surface area (Å²) in [5, 5.41) is 10.3. The van der Waals surface area contributed by atoms with Crippen LogP contribution in [0, 0.1) is 5.41 Å². The van der Waals surface area contributed by atoms with Crippen molar-refractivity contribution in [2.75, 3.05) is 0 Å². The molecule has 0 aromatic rings. The number of nitrogens with two attached hydrogens (primary N) is 1. The minimum absolute atomic E-state index is 0.243. The summed E-state index contributed by atoms with van der Waals surface area (Å²) < 4.78 is 0. The summed E-state index contributed by atoms with van der Waals surface area (Å²) >= 11 is 1.86. The molecule has 0 bridgehead atoms. The van der Waals surface area contributed by atoms with Crippen LogP contribution in [0.25, 0.3) is 0 Å². The lowest BCUT2D eigenvalue weighted by Crippen LogP contribution is -2.49. The highest BCUT2D eigenvalue weighted by molar-refractivity contribution is 8.00. The molecule has 0 spiro atoms. The van der Waals surface area contributed by atoms with Crippen molar-refractivity contribution in [3.8, 4) is 0 Å². The van der Waals surface area contributed by atoms with Gasteiger partial charge in [-0.1, -0.05) is 27.2 Å². The van der Waals surface area contributed by atoms with Crippen molar-refractivity contribution in [3.63, 3.8) is 0 Å². The van der Waals surface area contributed by atoms with E-state index in [1.165, 1.54) is 19.3 Å². The predicted octanol–water partition coefficient (Wildman–Crippen LogP) is 2.39. The predicted molar refractivity (Wildman–Crippen MR) is 68.1 cm³/mol. The Labute approximate surface area is 98.0 Å². The second-order valence-corrected chi connectivity index (χ2v) is 7.15. The number of thioether (sulfide) groups is 1. The van der Waals surface area contributed by atoms with Gasteiger partial charge in [0.2, 0.25) is 0 Å².